The van der Waals surface area contributed by atoms with E-state index in [1.165, 1.54) is 6.07 Å². The van der Waals surface area contributed by atoms with Crippen LogP contribution in [0.15, 0.2) is 18.2 Å². The van der Waals surface area contributed by atoms with E-state index in [1.54, 1.807) is 17.0 Å². The Morgan fingerprint density at radius 3 is 2.85 bits per heavy atom. The van der Waals surface area contributed by atoms with Crippen LogP contribution < -0.4 is 10.6 Å². The molecule has 26 heavy (non-hydrogen) atoms. The maximum absolute atomic E-state index is 14.0. The normalized spacial score (nSPS) is 22.6. The first-order chi connectivity index (χ1) is 12.0. The van der Waals surface area contributed by atoms with Crippen molar-refractivity contribution in [1.82, 2.24) is 15.5 Å². The number of benzene rings is 1. The van der Waals surface area contributed by atoms with Crippen LogP contribution in [0.2, 0.25) is 0 Å². The van der Waals surface area contributed by atoms with Gasteiger partial charge in [-0.25, -0.2) is 4.39 Å². The summed E-state index contributed by atoms with van der Waals surface area (Å²) in [6.45, 7) is 4.51. The van der Waals surface area contributed by atoms with Crippen LogP contribution in [0.3, 0.4) is 0 Å². The van der Waals surface area contributed by atoms with Crippen LogP contribution in [0.25, 0.3) is 0 Å². The van der Waals surface area contributed by atoms with Gasteiger partial charge in [-0.15, -0.1) is 12.4 Å². The van der Waals surface area contributed by atoms with Crippen LogP contribution in [0.1, 0.15) is 41.6 Å². The molecule has 0 aliphatic carbocycles. The number of amides is 2. The molecule has 2 saturated heterocycles. The van der Waals surface area contributed by atoms with Gasteiger partial charge in [-0.3, -0.25) is 9.59 Å². The molecular weight excluding hydrogens is 357 g/mol. The quantitative estimate of drug-likeness (QED) is 0.838. The number of aryl methyl sites for hydroxylation is 1. The molecule has 2 amide bonds. The summed E-state index contributed by atoms with van der Waals surface area (Å²) in [7, 11) is 0. The van der Waals surface area contributed by atoms with Gasteiger partial charge in [0.1, 0.15) is 5.82 Å². The van der Waals surface area contributed by atoms with Crippen LogP contribution in [0.5, 0.6) is 0 Å². The summed E-state index contributed by atoms with van der Waals surface area (Å²) >= 11 is 0. The summed E-state index contributed by atoms with van der Waals surface area (Å²) in [5, 5.41) is 6.19. The number of piperidine rings is 1. The minimum absolute atomic E-state index is 0. The number of hydrogen-bond acceptors (Lipinski definition) is 3. The average molecular weight is 384 g/mol. The minimum Gasteiger partial charge on any atom is -0.354 e. The van der Waals surface area contributed by atoms with Crippen molar-refractivity contribution in [3.63, 3.8) is 0 Å². The van der Waals surface area contributed by atoms with Crippen LogP contribution in [0.4, 0.5) is 4.39 Å². The lowest BCUT2D eigenvalue weighted by molar-refractivity contribution is -0.123. The molecule has 144 valence electrons. The fraction of sp³-hybridized carbons (Fsp3) is 0.579. The Hall–Kier alpha value is -1.66. The summed E-state index contributed by atoms with van der Waals surface area (Å²) < 4.78 is 14.0. The molecule has 1 aromatic carbocycles. The number of rotatable bonds is 4. The second-order valence-corrected chi connectivity index (χ2v) is 7.14. The molecule has 7 heteroatoms. The predicted molar refractivity (Wildman–Crippen MR) is 101 cm³/mol. The fourth-order valence-corrected chi connectivity index (χ4v) is 3.67. The standard InChI is InChI=1S/C19H26FN3O2.ClH/c1-13-6-7-16(20)15(10-13)19(25)23-9-3-4-14(12-23)11-22-18(24)17-5-2-8-21-17;/h6-7,10,14,17,21H,2-5,8-9,11-12H2,1H3,(H,22,24);1H. The van der Waals surface area contributed by atoms with Crippen molar-refractivity contribution in [1.29, 1.82) is 0 Å². The van der Waals surface area contributed by atoms with E-state index < -0.39 is 5.82 Å². The van der Waals surface area contributed by atoms with Gasteiger partial charge in [-0.1, -0.05) is 11.6 Å². The number of carbonyl (C=O) groups excluding carboxylic acids is 2. The molecule has 0 bridgehead atoms. The zero-order valence-corrected chi connectivity index (χ0v) is 15.9. The second kappa shape index (κ2) is 9.33. The zero-order valence-electron chi connectivity index (χ0n) is 15.1. The molecular formula is C19H27ClFN3O2. The highest BCUT2D eigenvalue weighted by Crippen LogP contribution is 2.20. The minimum atomic E-state index is -0.474. The second-order valence-electron chi connectivity index (χ2n) is 7.14. The van der Waals surface area contributed by atoms with Crippen molar-refractivity contribution in [2.75, 3.05) is 26.2 Å². The fourth-order valence-electron chi connectivity index (χ4n) is 3.67. The number of nitrogens with zero attached hydrogens (tertiary/aromatic N) is 1. The average Bonchev–Trinajstić information content (AvgIpc) is 3.16. The molecule has 0 aromatic heterocycles. The van der Waals surface area contributed by atoms with E-state index >= 15 is 0 Å². The van der Waals surface area contributed by atoms with Crippen molar-refractivity contribution >= 4 is 24.2 Å². The van der Waals surface area contributed by atoms with E-state index in [9.17, 15) is 14.0 Å². The maximum atomic E-state index is 14.0. The molecule has 2 aliphatic rings. The third kappa shape index (κ3) is 4.95. The smallest absolute Gasteiger partial charge is 0.256 e. The van der Waals surface area contributed by atoms with Gasteiger partial charge in [-0.2, -0.15) is 0 Å². The monoisotopic (exact) mass is 383 g/mol. The van der Waals surface area contributed by atoms with Gasteiger partial charge in [-0.05, 0) is 57.2 Å². The number of carbonyl (C=O) groups is 2. The van der Waals surface area contributed by atoms with Gasteiger partial charge in [0.2, 0.25) is 5.91 Å². The zero-order chi connectivity index (χ0) is 17.8. The van der Waals surface area contributed by atoms with Gasteiger partial charge < -0.3 is 15.5 Å². The van der Waals surface area contributed by atoms with E-state index in [2.05, 4.69) is 10.6 Å². The Balaban J connectivity index is 0.00000243. The predicted octanol–water partition coefficient (Wildman–Crippen LogP) is 2.28. The third-order valence-corrected chi connectivity index (χ3v) is 5.10. The van der Waals surface area contributed by atoms with Gasteiger partial charge in [0, 0.05) is 19.6 Å². The van der Waals surface area contributed by atoms with E-state index in [0.717, 1.165) is 37.8 Å². The highest BCUT2D eigenvalue weighted by molar-refractivity contribution is 5.94. The Labute approximate surface area is 160 Å². The number of likely N-dealkylation sites (tertiary alicyclic amines) is 1. The van der Waals surface area contributed by atoms with Crippen molar-refractivity contribution in [3.05, 3.63) is 35.1 Å². The Morgan fingerprint density at radius 1 is 1.31 bits per heavy atom. The molecule has 1 aromatic rings. The molecule has 2 heterocycles. The van der Waals surface area contributed by atoms with Gasteiger partial charge in [0.05, 0.1) is 11.6 Å². The molecule has 0 saturated carbocycles. The van der Waals surface area contributed by atoms with Crippen molar-refractivity contribution in [3.8, 4) is 0 Å². The lowest BCUT2D eigenvalue weighted by Crippen LogP contribution is -2.46. The molecule has 5 nitrogen and oxygen atoms in total. The third-order valence-electron chi connectivity index (χ3n) is 5.10. The first kappa shape index (κ1) is 20.6. The maximum Gasteiger partial charge on any atom is 0.256 e. The summed E-state index contributed by atoms with van der Waals surface area (Å²) in [4.78, 5) is 26.5. The molecule has 2 atom stereocenters. The SMILES string of the molecule is Cc1ccc(F)c(C(=O)N2CCCC(CNC(=O)C3CCCN3)C2)c1.Cl. The topological polar surface area (TPSA) is 61.4 Å². The molecule has 2 aliphatic heterocycles. The van der Waals surface area contributed by atoms with Crippen LogP contribution >= 0.6 is 12.4 Å². The van der Waals surface area contributed by atoms with Gasteiger partial charge in [0.25, 0.3) is 5.91 Å². The van der Waals surface area contributed by atoms with Crippen LogP contribution in [0, 0.1) is 18.7 Å². The summed E-state index contributed by atoms with van der Waals surface area (Å²) in [5.41, 5.74) is 1.01. The molecule has 3 rings (SSSR count). The Kier molecular flexibility index (Phi) is 7.41. The Morgan fingerprint density at radius 2 is 2.12 bits per heavy atom. The highest BCUT2D eigenvalue weighted by Gasteiger charge is 2.27. The first-order valence-electron chi connectivity index (χ1n) is 9.11. The number of nitrogens with one attached hydrogen (secondary N) is 2. The van der Waals surface area contributed by atoms with E-state index in [0.29, 0.717) is 19.6 Å². The van der Waals surface area contributed by atoms with Crippen LogP contribution in [-0.4, -0.2) is 48.9 Å². The van der Waals surface area contributed by atoms with Crippen molar-refractivity contribution < 1.29 is 14.0 Å². The number of hydrogen-bond donors (Lipinski definition) is 2. The molecule has 2 fully saturated rings. The summed E-state index contributed by atoms with van der Waals surface area (Å²) in [6.07, 6.45) is 3.76. The lowest BCUT2D eigenvalue weighted by Gasteiger charge is -2.33. The molecule has 0 spiro atoms. The summed E-state index contributed by atoms with van der Waals surface area (Å²) in [5.74, 6) is -0.463. The largest absolute Gasteiger partial charge is 0.354 e. The first-order valence-corrected chi connectivity index (χ1v) is 9.11. The van der Waals surface area contributed by atoms with E-state index in [1.807, 2.05) is 6.92 Å². The summed E-state index contributed by atoms with van der Waals surface area (Å²) in [6, 6.07) is 4.54. The molecule has 0 radical (unpaired) electrons. The van der Waals surface area contributed by atoms with Crippen LogP contribution in [-0.2, 0) is 4.79 Å². The molecule has 2 N–H and O–H groups in total. The highest BCUT2D eigenvalue weighted by atomic mass is 35.5. The van der Waals surface area contributed by atoms with E-state index in [4.69, 9.17) is 0 Å². The van der Waals surface area contributed by atoms with Gasteiger partial charge >= 0.3 is 0 Å². The van der Waals surface area contributed by atoms with Crippen molar-refractivity contribution in [2.45, 2.75) is 38.6 Å². The van der Waals surface area contributed by atoms with Crippen molar-refractivity contribution in [2.24, 2.45) is 5.92 Å². The van der Waals surface area contributed by atoms with Gasteiger partial charge in [0.15, 0.2) is 0 Å². The Bertz CT molecular complexity index is 650. The number of halogens is 2. The lowest BCUT2D eigenvalue weighted by atomic mass is 9.97. The van der Waals surface area contributed by atoms with E-state index in [-0.39, 0.29) is 41.7 Å². The molecule has 2 unspecified atom stereocenters.